The average Bonchev–Trinajstić information content (AvgIpc) is 3.24. The third-order valence-corrected chi connectivity index (χ3v) is 23.0. The second-order valence-corrected chi connectivity index (χ2v) is 29.9. The van der Waals surface area contributed by atoms with Gasteiger partial charge in [-0.1, -0.05) is 62.3 Å². The number of aromatic nitrogens is 2. The maximum Gasteiger partial charge on any atom is 0.271 e. The van der Waals surface area contributed by atoms with Gasteiger partial charge in [0.05, 0.1) is 12.9 Å². The van der Waals surface area contributed by atoms with Crippen molar-refractivity contribution in [3.8, 4) is 0 Å². The van der Waals surface area contributed by atoms with Crippen LogP contribution in [0.15, 0.2) is 6.33 Å². The second kappa shape index (κ2) is 11.0. The minimum Gasteiger partial charge on any atom is -0.414 e. The smallest absolute Gasteiger partial charge is 0.271 e. The number of hydrogen-bond acceptors (Lipinski definition) is 7. The zero-order valence-corrected chi connectivity index (χ0v) is 30.2. The van der Waals surface area contributed by atoms with Gasteiger partial charge in [0.2, 0.25) is 0 Å². The van der Waals surface area contributed by atoms with Gasteiger partial charge in [0.25, 0.3) is 5.91 Å². The summed E-state index contributed by atoms with van der Waals surface area (Å²) in [5, 5.41) is -0.0265. The SMILES string of the molecule is CC(C)(C)[Si](C)(C)OC[C@H]1O[C@@H](n2cnc(C(N)=O)c2N)[C@H](O[Si](C)(C)C(C)(C)C)[C@@H]1O[Si](C)(C)C(C)(C)C. The Labute approximate surface area is 240 Å². The first kappa shape index (κ1) is 34.2. The molecule has 1 amide bonds. The van der Waals surface area contributed by atoms with Crippen molar-refractivity contribution >= 4 is 36.7 Å². The number of rotatable bonds is 9. The summed E-state index contributed by atoms with van der Waals surface area (Å²) < 4.78 is 29.3. The Morgan fingerprint density at radius 2 is 1.31 bits per heavy atom. The molecule has 1 aliphatic heterocycles. The quantitative estimate of drug-likeness (QED) is 0.320. The largest absolute Gasteiger partial charge is 0.414 e. The number of primary amides is 1. The summed E-state index contributed by atoms with van der Waals surface area (Å²) in [5.74, 6) is -0.522. The lowest BCUT2D eigenvalue weighted by Gasteiger charge is -2.44. The molecule has 1 aromatic rings. The van der Waals surface area contributed by atoms with Crippen molar-refractivity contribution in [3.05, 3.63) is 12.0 Å². The molecule has 0 radical (unpaired) electrons. The maximum atomic E-state index is 12.0. The molecule has 1 aromatic heterocycles. The fourth-order valence-corrected chi connectivity index (χ4v) is 7.26. The predicted octanol–water partition coefficient (Wildman–Crippen LogP) is 6.26. The molecule has 12 heteroatoms. The van der Waals surface area contributed by atoms with E-state index in [4.69, 9.17) is 29.5 Å². The molecule has 1 saturated heterocycles. The summed E-state index contributed by atoms with van der Waals surface area (Å²) in [6, 6.07) is 0. The molecule has 2 rings (SSSR count). The second-order valence-electron chi connectivity index (χ2n) is 15.6. The van der Waals surface area contributed by atoms with Crippen LogP contribution in [0.3, 0.4) is 0 Å². The van der Waals surface area contributed by atoms with Gasteiger partial charge in [-0.25, -0.2) is 4.98 Å². The highest BCUT2D eigenvalue weighted by molar-refractivity contribution is 6.75. The van der Waals surface area contributed by atoms with Crippen LogP contribution in [0.25, 0.3) is 0 Å². The van der Waals surface area contributed by atoms with Crippen LogP contribution >= 0.6 is 0 Å². The molecule has 0 unspecified atom stereocenters. The van der Waals surface area contributed by atoms with Gasteiger partial charge in [-0.05, 0) is 54.4 Å². The van der Waals surface area contributed by atoms with E-state index in [1.54, 1.807) is 4.57 Å². The molecule has 39 heavy (non-hydrogen) atoms. The lowest BCUT2D eigenvalue weighted by Crippen LogP contribution is -2.54. The Kier molecular flexibility index (Phi) is 9.63. The van der Waals surface area contributed by atoms with Crippen molar-refractivity contribution in [1.82, 2.24) is 9.55 Å². The van der Waals surface area contributed by atoms with Crippen LogP contribution in [0, 0.1) is 0 Å². The molecule has 4 N–H and O–H groups in total. The zero-order chi connectivity index (χ0) is 30.6. The molecule has 4 atom stereocenters. The summed E-state index contributed by atoms with van der Waals surface area (Å²) >= 11 is 0. The first-order valence-electron chi connectivity index (χ1n) is 14.0. The number of nitrogens with two attached hydrogens (primary N) is 2. The van der Waals surface area contributed by atoms with E-state index in [0.29, 0.717) is 6.61 Å². The monoisotopic (exact) mass is 600 g/mol. The van der Waals surface area contributed by atoms with Gasteiger partial charge < -0.3 is 29.5 Å². The Hall–Kier alpha value is -1.03. The number of ether oxygens (including phenoxy) is 1. The van der Waals surface area contributed by atoms with Crippen LogP contribution in [0.4, 0.5) is 5.82 Å². The van der Waals surface area contributed by atoms with Crippen LogP contribution in [0.1, 0.15) is 79.0 Å². The van der Waals surface area contributed by atoms with E-state index in [0.717, 1.165) is 0 Å². The van der Waals surface area contributed by atoms with Gasteiger partial charge in [0, 0.05) is 0 Å². The average molecular weight is 601 g/mol. The Morgan fingerprint density at radius 3 is 1.69 bits per heavy atom. The van der Waals surface area contributed by atoms with Crippen molar-refractivity contribution < 1.29 is 22.8 Å². The highest BCUT2D eigenvalue weighted by atomic mass is 28.4. The topological polar surface area (TPSA) is 124 Å². The summed E-state index contributed by atoms with van der Waals surface area (Å²) in [5.41, 5.74) is 12.0. The molecule has 0 saturated carbocycles. The molecule has 1 fully saturated rings. The molecule has 0 aromatic carbocycles. The van der Waals surface area contributed by atoms with E-state index in [1.165, 1.54) is 6.33 Å². The Bertz CT molecular complexity index is 1020. The lowest BCUT2D eigenvalue weighted by atomic mass is 10.1. The van der Waals surface area contributed by atoms with E-state index in [2.05, 4.69) is 107 Å². The first-order valence-corrected chi connectivity index (χ1v) is 22.7. The molecule has 226 valence electrons. The van der Waals surface area contributed by atoms with Crippen LogP contribution in [0.2, 0.25) is 54.4 Å². The third kappa shape index (κ3) is 7.25. The molecular weight excluding hydrogens is 545 g/mol. The zero-order valence-electron chi connectivity index (χ0n) is 27.2. The summed E-state index contributed by atoms with van der Waals surface area (Å²) in [6.45, 7) is 33.8. The highest BCUT2D eigenvalue weighted by Gasteiger charge is 2.55. The Balaban J connectivity index is 2.66. The fourth-order valence-electron chi connectivity index (χ4n) is 3.64. The molecule has 0 spiro atoms. The van der Waals surface area contributed by atoms with Crippen molar-refractivity contribution in [3.63, 3.8) is 0 Å². The fraction of sp³-hybridized carbons (Fsp3) is 0.852. The summed E-state index contributed by atoms with van der Waals surface area (Å²) in [6.07, 6.45) is -0.407. The molecular formula is C27H56N4O5Si3. The third-order valence-electron chi connectivity index (χ3n) is 9.51. The number of amides is 1. The van der Waals surface area contributed by atoms with Gasteiger partial charge >= 0.3 is 0 Å². The molecule has 2 heterocycles. The number of nitrogens with zero attached hydrogens (tertiary/aromatic N) is 2. The van der Waals surface area contributed by atoms with Gasteiger partial charge in [-0.2, -0.15) is 0 Å². The highest BCUT2D eigenvalue weighted by Crippen LogP contribution is 2.47. The summed E-state index contributed by atoms with van der Waals surface area (Å²) in [7, 11) is -6.64. The number of carbonyl (C=O) groups excluding carboxylic acids is 1. The predicted molar refractivity (Wildman–Crippen MR) is 166 cm³/mol. The minimum absolute atomic E-state index is 0.0208. The number of imidazole rings is 1. The van der Waals surface area contributed by atoms with E-state index in [1.807, 2.05) is 0 Å². The molecule has 9 nitrogen and oxygen atoms in total. The number of carbonyl (C=O) groups is 1. The van der Waals surface area contributed by atoms with Crippen molar-refractivity contribution in [2.75, 3.05) is 12.3 Å². The van der Waals surface area contributed by atoms with Crippen LogP contribution in [-0.2, 0) is 18.0 Å². The van der Waals surface area contributed by atoms with E-state index >= 15 is 0 Å². The van der Waals surface area contributed by atoms with Gasteiger partial charge in [-0.3, -0.25) is 9.36 Å². The van der Waals surface area contributed by atoms with Crippen molar-refractivity contribution in [2.24, 2.45) is 5.73 Å². The number of anilines is 1. The number of hydrogen-bond donors (Lipinski definition) is 2. The lowest BCUT2D eigenvalue weighted by molar-refractivity contribution is -0.0477. The maximum absolute atomic E-state index is 12.0. The van der Waals surface area contributed by atoms with Crippen LogP contribution in [0.5, 0.6) is 0 Å². The van der Waals surface area contributed by atoms with E-state index in [9.17, 15) is 4.79 Å². The van der Waals surface area contributed by atoms with Crippen molar-refractivity contribution in [2.45, 2.75) is 141 Å². The van der Waals surface area contributed by atoms with Crippen molar-refractivity contribution in [1.29, 1.82) is 0 Å². The standard InChI is InChI=1S/C27H56N4O5Si3/c1-25(2,3)37(10,11)33-16-18-20(35-38(12,13)26(4,5)6)21(36-39(14,15)27(7,8)9)24(34-18)31-17-30-19(22(31)28)23(29)32/h17-18,20-21,24H,16,28H2,1-15H3,(H2,29,32)/t18-,20-,21-,24-/m1/s1. The molecule has 0 aliphatic carbocycles. The van der Waals surface area contributed by atoms with Gasteiger partial charge in [-0.15, -0.1) is 0 Å². The van der Waals surface area contributed by atoms with E-state index in [-0.39, 0.29) is 26.6 Å². The van der Waals surface area contributed by atoms with Crippen LogP contribution < -0.4 is 11.5 Å². The van der Waals surface area contributed by atoms with Gasteiger partial charge in [0.1, 0.15) is 24.1 Å². The molecule has 1 aliphatic rings. The van der Waals surface area contributed by atoms with E-state index < -0.39 is 55.4 Å². The minimum atomic E-state index is -2.30. The van der Waals surface area contributed by atoms with Crippen LogP contribution in [-0.4, -0.2) is 65.3 Å². The molecule has 0 bridgehead atoms. The summed E-state index contributed by atoms with van der Waals surface area (Å²) in [4.78, 5) is 16.2. The first-order chi connectivity index (χ1) is 17.2. The number of nitrogen functional groups attached to an aromatic ring is 1. The Morgan fingerprint density at radius 1 is 0.872 bits per heavy atom. The normalized spacial score (nSPS) is 23.9. The van der Waals surface area contributed by atoms with Gasteiger partial charge in [0.15, 0.2) is 36.9 Å².